The molecule has 0 aromatic heterocycles. The Morgan fingerprint density at radius 2 is 1.88 bits per heavy atom. The lowest BCUT2D eigenvalue weighted by Gasteiger charge is -2.39. The number of aliphatic hydroxyl groups excluding tert-OH is 4. The number of hydrogen-bond acceptors (Lipinski definition) is 7. The third-order valence-corrected chi connectivity index (χ3v) is 2.24. The zero-order chi connectivity index (χ0) is 12.3. The van der Waals surface area contributed by atoms with E-state index in [0.29, 0.717) is 0 Å². The maximum atomic E-state index is 10.3. The van der Waals surface area contributed by atoms with Gasteiger partial charge in [-0.15, -0.1) is 0 Å². The van der Waals surface area contributed by atoms with Crippen molar-refractivity contribution in [3.63, 3.8) is 0 Å². The number of carboxylic acid groups (broad SMARTS) is 1. The van der Waals surface area contributed by atoms with Crippen LogP contribution in [0.2, 0.25) is 0 Å². The standard InChI is InChI=1S/C8H14O8/c9-1-3-5(12)7(15-2-4(10)11)6(13)8(14)16-3/h3,5-9,12-14H,1-2H2,(H,10,11)/t3-,5-,6-,7+,8?/m1/s1. The van der Waals surface area contributed by atoms with E-state index in [9.17, 15) is 20.1 Å². The first-order valence-corrected chi connectivity index (χ1v) is 4.61. The van der Waals surface area contributed by atoms with Gasteiger partial charge in [-0.05, 0) is 0 Å². The maximum absolute atomic E-state index is 10.3. The summed E-state index contributed by atoms with van der Waals surface area (Å²) in [5.74, 6) is -1.28. The zero-order valence-corrected chi connectivity index (χ0v) is 8.26. The van der Waals surface area contributed by atoms with Gasteiger partial charge in [0.25, 0.3) is 0 Å². The molecule has 5 N–H and O–H groups in total. The smallest absolute Gasteiger partial charge is 0.329 e. The first-order chi connectivity index (χ1) is 7.47. The van der Waals surface area contributed by atoms with Gasteiger partial charge >= 0.3 is 5.97 Å². The topological polar surface area (TPSA) is 137 Å². The molecule has 0 aliphatic carbocycles. The lowest BCUT2D eigenvalue weighted by atomic mass is 9.99. The molecular formula is C8H14O8. The molecule has 94 valence electrons. The second-order valence-corrected chi connectivity index (χ2v) is 3.40. The normalized spacial score (nSPS) is 39.6. The average Bonchev–Trinajstić information content (AvgIpc) is 2.23. The van der Waals surface area contributed by atoms with Gasteiger partial charge in [0.1, 0.15) is 31.0 Å². The van der Waals surface area contributed by atoms with E-state index < -0.39 is 49.9 Å². The predicted molar refractivity (Wildman–Crippen MR) is 47.4 cm³/mol. The van der Waals surface area contributed by atoms with Crippen LogP contribution in [-0.2, 0) is 14.3 Å². The second-order valence-electron chi connectivity index (χ2n) is 3.40. The Morgan fingerprint density at radius 3 is 2.38 bits per heavy atom. The summed E-state index contributed by atoms with van der Waals surface area (Å²) in [5, 5.41) is 45.4. The minimum atomic E-state index is -1.64. The highest BCUT2D eigenvalue weighted by molar-refractivity contribution is 5.68. The van der Waals surface area contributed by atoms with Crippen LogP contribution in [0, 0.1) is 0 Å². The molecule has 5 atom stereocenters. The minimum Gasteiger partial charge on any atom is -0.480 e. The van der Waals surface area contributed by atoms with Crippen LogP contribution in [-0.4, -0.2) is 75.4 Å². The van der Waals surface area contributed by atoms with Crippen LogP contribution in [0.5, 0.6) is 0 Å². The third kappa shape index (κ3) is 2.88. The highest BCUT2D eigenvalue weighted by Crippen LogP contribution is 2.22. The van der Waals surface area contributed by atoms with Crippen molar-refractivity contribution >= 4 is 5.97 Å². The molecule has 16 heavy (non-hydrogen) atoms. The van der Waals surface area contributed by atoms with Crippen LogP contribution in [0.1, 0.15) is 0 Å². The molecule has 8 nitrogen and oxygen atoms in total. The molecule has 0 amide bonds. The van der Waals surface area contributed by atoms with Crippen molar-refractivity contribution in [2.75, 3.05) is 13.2 Å². The van der Waals surface area contributed by atoms with Gasteiger partial charge in [0.15, 0.2) is 6.29 Å². The Bertz CT molecular complexity index is 244. The molecule has 0 aromatic rings. The molecule has 1 unspecified atom stereocenters. The van der Waals surface area contributed by atoms with Crippen LogP contribution in [0.15, 0.2) is 0 Å². The summed E-state index contributed by atoms with van der Waals surface area (Å²) in [5.41, 5.74) is 0. The lowest BCUT2D eigenvalue weighted by Crippen LogP contribution is -2.59. The van der Waals surface area contributed by atoms with Gasteiger partial charge in [-0.25, -0.2) is 4.79 Å². The van der Waals surface area contributed by atoms with Gasteiger partial charge in [-0.1, -0.05) is 0 Å². The molecule has 0 spiro atoms. The van der Waals surface area contributed by atoms with Crippen molar-refractivity contribution < 1.29 is 39.8 Å². The summed E-state index contributed by atoms with van der Waals surface area (Å²) in [6, 6.07) is 0. The van der Waals surface area contributed by atoms with Gasteiger partial charge in [0.2, 0.25) is 0 Å². The molecule has 8 heteroatoms. The molecular weight excluding hydrogens is 224 g/mol. The quantitative estimate of drug-likeness (QED) is 0.347. The fourth-order valence-corrected chi connectivity index (χ4v) is 1.43. The third-order valence-electron chi connectivity index (χ3n) is 2.24. The first-order valence-electron chi connectivity index (χ1n) is 4.61. The fourth-order valence-electron chi connectivity index (χ4n) is 1.43. The molecule has 1 heterocycles. The first kappa shape index (κ1) is 13.3. The van der Waals surface area contributed by atoms with E-state index in [-0.39, 0.29) is 0 Å². The van der Waals surface area contributed by atoms with Crippen LogP contribution in [0.25, 0.3) is 0 Å². The van der Waals surface area contributed by atoms with Crippen molar-refractivity contribution in [3.8, 4) is 0 Å². The number of ether oxygens (including phenoxy) is 2. The average molecular weight is 238 g/mol. The monoisotopic (exact) mass is 238 g/mol. The Balaban J connectivity index is 2.65. The largest absolute Gasteiger partial charge is 0.480 e. The number of hydrogen-bond donors (Lipinski definition) is 5. The molecule has 0 aromatic carbocycles. The molecule has 0 bridgehead atoms. The van der Waals surface area contributed by atoms with E-state index in [1.807, 2.05) is 0 Å². The number of rotatable bonds is 4. The van der Waals surface area contributed by atoms with Crippen molar-refractivity contribution in [2.45, 2.75) is 30.7 Å². The fraction of sp³-hybridized carbons (Fsp3) is 0.875. The van der Waals surface area contributed by atoms with Gasteiger partial charge in [-0.2, -0.15) is 0 Å². The summed E-state index contributed by atoms with van der Waals surface area (Å²) >= 11 is 0. The Hall–Kier alpha value is -0.770. The van der Waals surface area contributed by atoms with E-state index >= 15 is 0 Å². The SMILES string of the molecule is O=C(O)CO[C@H]1[C@H](O)[C@@H](CO)OC(O)[C@@H]1O. The summed E-state index contributed by atoms with van der Waals surface area (Å²) in [4.78, 5) is 10.3. The van der Waals surface area contributed by atoms with E-state index in [1.165, 1.54) is 0 Å². The molecule has 1 rings (SSSR count). The van der Waals surface area contributed by atoms with Gasteiger partial charge in [0, 0.05) is 0 Å². The van der Waals surface area contributed by atoms with Crippen LogP contribution in [0.4, 0.5) is 0 Å². The van der Waals surface area contributed by atoms with Crippen LogP contribution < -0.4 is 0 Å². The summed E-state index contributed by atoms with van der Waals surface area (Å²) < 4.78 is 9.40. The molecule has 1 fully saturated rings. The van der Waals surface area contributed by atoms with E-state index in [4.69, 9.17) is 14.9 Å². The number of carboxylic acids is 1. The van der Waals surface area contributed by atoms with Gasteiger partial charge in [0.05, 0.1) is 6.61 Å². The lowest BCUT2D eigenvalue weighted by molar-refractivity contribution is -0.293. The van der Waals surface area contributed by atoms with Crippen molar-refractivity contribution in [1.82, 2.24) is 0 Å². The molecule has 0 radical (unpaired) electrons. The Morgan fingerprint density at radius 1 is 1.25 bits per heavy atom. The van der Waals surface area contributed by atoms with E-state index in [1.54, 1.807) is 0 Å². The minimum absolute atomic E-state index is 0.585. The molecule has 1 aliphatic rings. The van der Waals surface area contributed by atoms with Crippen molar-refractivity contribution in [1.29, 1.82) is 0 Å². The number of aliphatic carboxylic acids is 1. The molecule has 1 aliphatic heterocycles. The molecule has 1 saturated heterocycles. The summed E-state index contributed by atoms with van der Waals surface area (Å²) in [7, 11) is 0. The zero-order valence-electron chi connectivity index (χ0n) is 8.26. The van der Waals surface area contributed by atoms with Crippen LogP contribution >= 0.6 is 0 Å². The van der Waals surface area contributed by atoms with Crippen molar-refractivity contribution in [2.24, 2.45) is 0 Å². The highest BCUT2D eigenvalue weighted by atomic mass is 16.6. The number of aliphatic hydroxyl groups is 4. The van der Waals surface area contributed by atoms with Gasteiger partial charge < -0.3 is 35.0 Å². The summed E-state index contributed by atoms with van der Waals surface area (Å²) in [6.45, 7) is -1.32. The second kappa shape index (κ2) is 5.53. The van der Waals surface area contributed by atoms with E-state index in [2.05, 4.69) is 4.74 Å². The van der Waals surface area contributed by atoms with Gasteiger partial charge in [-0.3, -0.25) is 0 Å². The van der Waals surface area contributed by atoms with Crippen LogP contribution in [0.3, 0.4) is 0 Å². The Labute approximate surface area is 90.6 Å². The Kier molecular flexibility index (Phi) is 4.59. The van der Waals surface area contributed by atoms with E-state index in [0.717, 1.165) is 0 Å². The molecule has 0 saturated carbocycles. The number of carbonyl (C=O) groups is 1. The maximum Gasteiger partial charge on any atom is 0.329 e. The summed E-state index contributed by atoms with van der Waals surface area (Å²) in [6.07, 6.45) is -7.08. The van der Waals surface area contributed by atoms with Crippen molar-refractivity contribution in [3.05, 3.63) is 0 Å². The highest BCUT2D eigenvalue weighted by Gasteiger charge is 2.44. The predicted octanol–water partition coefficient (Wildman–Crippen LogP) is -3.11.